The predicted molar refractivity (Wildman–Crippen MR) is 106 cm³/mol. The second kappa shape index (κ2) is 9.92. The molecule has 7 heteroatoms. The Morgan fingerprint density at radius 3 is 2.57 bits per heavy atom. The summed E-state index contributed by atoms with van der Waals surface area (Å²) in [5, 5.41) is 6.64. The average Bonchev–Trinajstić information content (AvgIpc) is 3.13. The van der Waals surface area contributed by atoms with E-state index in [2.05, 4.69) is 10.5 Å². The van der Waals surface area contributed by atoms with E-state index in [1.807, 2.05) is 27.7 Å². The number of benzene rings is 1. The summed E-state index contributed by atoms with van der Waals surface area (Å²) in [6.45, 7) is 9.46. The normalized spacial score (nSPS) is 11.0. The van der Waals surface area contributed by atoms with Gasteiger partial charge in [-0.2, -0.15) is 0 Å². The molecule has 0 radical (unpaired) electrons. The average molecular weight is 387 g/mol. The molecule has 2 rings (SSSR count). The van der Waals surface area contributed by atoms with Crippen LogP contribution in [0, 0.1) is 11.8 Å². The topological polar surface area (TPSA) is 84.7 Å². The number of methoxy groups -OCH3 is 1. The molecule has 1 heterocycles. The smallest absolute Gasteiger partial charge is 0.273 e. The van der Waals surface area contributed by atoms with Crippen LogP contribution in [0.2, 0.25) is 0 Å². The Balaban J connectivity index is 2.14. The highest BCUT2D eigenvalue weighted by molar-refractivity contribution is 5.94. The van der Waals surface area contributed by atoms with Gasteiger partial charge in [-0.05, 0) is 30.0 Å². The van der Waals surface area contributed by atoms with E-state index in [-0.39, 0.29) is 30.0 Å². The predicted octanol–water partition coefficient (Wildman–Crippen LogP) is 3.37. The number of nitrogens with one attached hydrogen (secondary N) is 1. The van der Waals surface area contributed by atoms with Crippen molar-refractivity contribution in [2.75, 3.05) is 20.2 Å². The van der Waals surface area contributed by atoms with Crippen LogP contribution >= 0.6 is 0 Å². The van der Waals surface area contributed by atoms with Crippen LogP contribution in [0.25, 0.3) is 0 Å². The van der Waals surface area contributed by atoms with Crippen LogP contribution < -0.4 is 10.1 Å². The molecule has 0 aliphatic heterocycles. The van der Waals surface area contributed by atoms with Gasteiger partial charge in [0.15, 0.2) is 11.5 Å². The molecule has 2 aromatic rings. The first-order valence-electron chi connectivity index (χ1n) is 9.47. The summed E-state index contributed by atoms with van der Waals surface area (Å²) in [5.74, 6) is 1.29. The first kappa shape index (κ1) is 21.5. The van der Waals surface area contributed by atoms with Crippen LogP contribution in [0.15, 0.2) is 34.9 Å². The molecule has 28 heavy (non-hydrogen) atoms. The van der Waals surface area contributed by atoms with Gasteiger partial charge < -0.3 is 19.5 Å². The summed E-state index contributed by atoms with van der Waals surface area (Å²) >= 11 is 0. The molecular formula is C21H29N3O4. The summed E-state index contributed by atoms with van der Waals surface area (Å²) in [4.78, 5) is 26.8. The molecule has 1 aromatic heterocycles. The van der Waals surface area contributed by atoms with Crippen LogP contribution in [0.5, 0.6) is 5.75 Å². The Morgan fingerprint density at radius 2 is 1.93 bits per heavy atom. The van der Waals surface area contributed by atoms with E-state index in [4.69, 9.17) is 9.26 Å². The summed E-state index contributed by atoms with van der Waals surface area (Å²) in [5.41, 5.74) is 0.753. The molecule has 0 fully saturated rings. The highest BCUT2D eigenvalue weighted by atomic mass is 16.5. The van der Waals surface area contributed by atoms with E-state index in [9.17, 15) is 9.59 Å². The molecule has 152 valence electrons. The fraction of sp³-hybridized carbons (Fsp3) is 0.476. The number of aromatic nitrogens is 1. The highest BCUT2D eigenvalue weighted by Crippen LogP contribution is 2.17. The number of hydrogen-bond acceptors (Lipinski definition) is 5. The zero-order chi connectivity index (χ0) is 20.7. The molecular weight excluding hydrogens is 358 g/mol. The number of amides is 2. The number of nitrogens with zero attached hydrogens (tertiary/aromatic N) is 2. The molecule has 2 amide bonds. The molecule has 1 aromatic carbocycles. The lowest BCUT2D eigenvalue weighted by Gasteiger charge is -2.23. The number of ether oxygens (including phenoxy) is 1. The van der Waals surface area contributed by atoms with Crippen molar-refractivity contribution >= 4 is 11.8 Å². The van der Waals surface area contributed by atoms with Gasteiger partial charge in [0.1, 0.15) is 5.75 Å². The number of carbonyl (C=O) groups is 2. The Labute approximate surface area is 166 Å². The minimum Gasteiger partial charge on any atom is -0.497 e. The van der Waals surface area contributed by atoms with Gasteiger partial charge in [0.2, 0.25) is 0 Å². The van der Waals surface area contributed by atoms with Crippen molar-refractivity contribution < 1.29 is 18.8 Å². The third-order valence-electron chi connectivity index (χ3n) is 4.00. The van der Waals surface area contributed by atoms with E-state index in [1.54, 1.807) is 42.3 Å². The third-order valence-corrected chi connectivity index (χ3v) is 4.00. The maximum absolute atomic E-state index is 13.0. The van der Waals surface area contributed by atoms with E-state index < -0.39 is 0 Å². The number of hydrogen-bond donors (Lipinski definition) is 1. The Hall–Kier alpha value is -2.83. The fourth-order valence-corrected chi connectivity index (χ4v) is 2.67. The van der Waals surface area contributed by atoms with Crippen LogP contribution in [0.3, 0.4) is 0 Å². The van der Waals surface area contributed by atoms with E-state index >= 15 is 0 Å². The molecule has 0 saturated carbocycles. The lowest BCUT2D eigenvalue weighted by atomic mass is 10.1. The summed E-state index contributed by atoms with van der Waals surface area (Å²) in [7, 11) is 1.57. The third kappa shape index (κ3) is 6.11. The zero-order valence-electron chi connectivity index (χ0n) is 17.2. The van der Waals surface area contributed by atoms with Crippen molar-refractivity contribution in [3.63, 3.8) is 0 Å². The van der Waals surface area contributed by atoms with Crippen molar-refractivity contribution in [1.82, 2.24) is 15.4 Å². The van der Waals surface area contributed by atoms with Gasteiger partial charge in [-0.15, -0.1) is 0 Å². The Morgan fingerprint density at radius 1 is 1.18 bits per heavy atom. The molecule has 1 N–H and O–H groups in total. The fourth-order valence-electron chi connectivity index (χ4n) is 2.67. The van der Waals surface area contributed by atoms with Crippen molar-refractivity contribution in [2.24, 2.45) is 11.8 Å². The van der Waals surface area contributed by atoms with Crippen LogP contribution in [-0.4, -0.2) is 42.1 Å². The van der Waals surface area contributed by atoms with Gasteiger partial charge in [0, 0.05) is 24.7 Å². The number of carbonyl (C=O) groups excluding carboxylic acids is 2. The quantitative estimate of drug-likeness (QED) is 0.713. The van der Waals surface area contributed by atoms with Crippen molar-refractivity contribution in [3.8, 4) is 5.75 Å². The van der Waals surface area contributed by atoms with Gasteiger partial charge in [-0.3, -0.25) is 9.59 Å². The van der Waals surface area contributed by atoms with Gasteiger partial charge >= 0.3 is 0 Å². The second-order valence-corrected chi connectivity index (χ2v) is 7.59. The van der Waals surface area contributed by atoms with Gasteiger partial charge in [0.25, 0.3) is 11.8 Å². The van der Waals surface area contributed by atoms with Crippen molar-refractivity contribution in [1.29, 1.82) is 0 Å². The maximum atomic E-state index is 13.0. The monoisotopic (exact) mass is 387 g/mol. The lowest BCUT2D eigenvalue weighted by Crippen LogP contribution is -2.33. The zero-order valence-corrected chi connectivity index (χ0v) is 17.2. The van der Waals surface area contributed by atoms with Crippen molar-refractivity contribution in [2.45, 2.75) is 34.2 Å². The molecule has 0 atom stereocenters. The highest BCUT2D eigenvalue weighted by Gasteiger charge is 2.21. The molecule has 0 unspecified atom stereocenters. The van der Waals surface area contributed by atoms with E-state index in [0.29, 0.717) is 36.1 Å². The standard InChI is InChI=1S/C21H29N3O4/c1-14(2)11-22-20(25)19-10-18(28-23-19)13-24(12-15(3)4)21(26)16-7-6-8-17(9-16)27-5/h6-10,14-15H,11-13H2,1-5H3,(H,22,25). The lowest BCUT2D eigenvalue weighted by molar-refractivity contribution is 0.0705. The first-order chi connectivity index (χ1) is 13.3. The van der Waals surface area contributed by atoms with E-state index in [0.717, 1.165) is 0 Å². The molecule has 0 aliphatic rings. The van der Waals surface area contributed by atoms with Crippen molar-refractivity contribution in [3.05, 3.63) is 47.3 Å². The molecule has 0 saturated heterocycles. The largest absolute Gasteiger partial charge is 0.497 e. The first-order valence-corrected chi connectivity index (χ1v) is 9.47. The van der Waals surface area contributed by atoms with Gasteiger partial charge in [-0.1, -0.05) is 38.9 Å². The molecule has 7 nitrogen and oxygen atoms in total. The molecule has 0 bridgehead atoms. The van der Waals surface area contributed by atoms with E-state index in [1.165, 1.54) is 0 Å². The maximum Gasteiger partial charge on any atom is 0.273 e. The molecule has 0 spiro atoms. The summed E-state index contributed by atoms with van der Waals surface area (Å²) in [6, 6.07) is 8.62. The Bertz CT molecular complexity index is 798. The van der Waals surface area contributed by atoms with Crippen LogP contribution in [-0.2, 0) is 6.54 Å². The minimum absolute atomic E-state index is 0.130. The SMILES string of the molecule is COc1cccc(C(=O)N(Cc2cc(C(=O)NCC(C)C)no2)CC(C)C)c1. The van der Waals surface area contributed by atoms with Crippen LogP contribution in [0.1, 0.15) is 54.3 Å². The minimum atomic E-state index is -0.279. The summed E-state index contributed by atoms with van der Waals surface area (Å²) in [6.07, 6.45) is 0. The van der Waals surface area contributed by atoms with Crippen LogP contribution in [0.4, 0.5) is 0 Å². The second-order valence-electron chi connectivity index (χ2n) is 7.59. The number of rotatable bonds is 9. The van der Waals surface area contributed by atoms with Gasteiger partial charge in [0.05, 0.1) is 13.7 Å². The van der Waals surface area contributed by atoms with Gasteiger partial charge in [-0.25, -0.2) is 0 Å². The molecule has 0 aliphatic carbocycles. The Kier molecular flexibility index (Phi) is 7.61. The summed E-state index contributed by atoms with van der Waals surface area (Å²) < 4.78 is 10.5.